The van der Waals surface area contributed by atoms with Crippen molar-refractivity contribution in [3.8, 4) is 0 Å². The van der Waals surface area contributed by atoms with Crippen LogP contribution in [0.1, 0.15) is 49.4 Å². The van der Waals surface area contributed by atoms with Crippen LogP contribution >= 0.6 is 11.3 Å². The molecule has 0 aliphatic heterocycles. The van der Waals surface area contributed by atoms with Gasteiger partial charge in [-0.3, -0.25) is 9.59 Å². The highest BCUT2D eigenvalue weighted by Crippen LogP contribution is 2.22. The van der Waals surface area contributed by atoms with Gasteiger partial charge in [-0.1, -0.05) is 6.07 Å². The first-order chi connectivity index (χ1) is 13.8. The van der Waals surface area contributed by atoms with Gasteiger partial charge in [0.15, 0.2) is 10.8 Å². The number of hydrogen-bond donors (Lipinski definition) is 2. The molecule has 0 bridgehead atoms. The Morgan fingerprint density at radius 3 is 2.55 bits per heavy atom. The third-order valence-corrected chi connectivity index (χ3v) is 4.58. The summed E-state index contributed by atoms with van der Waals surface area (Å²) >= 11 is 1.16. The summed E-state index contributed by atoms with van der Waals surface area (Å²) in [6.45, 7) is 3.73. The lowest BCUT2D eigenvalue weighted by Crippen LogP contribution is -2.27. The number of carbonyl (C=O) groups is 4. The minimum atomic E-state index is -0.542. The summed E-state index contributed by atoms with van der Waals surface area (Å²) in [6, 6.07) is 6.07. The van der Waals surface area contributed by atoms with Crippen LogP contribution in [0.5, 0.6) is 0 Å². The monoisotopic (exact) mass is 419 g/mol. The van der Waals surface area contributed by atoms with Crippen LogP contribution in [-0.4, -0.2) is 49.0 Å². The van der Waals surface area contributed by atoms with Crippen LogP contribution in [0.15, 0.2) is 24.3 Å². The van der Waals surface area contributed by atoms with Crippen LogP contribution in [0, 0.1) is 6.92 Å². The van der Waals surface area contributed by atoms with Gasteiger partial charge in [0.25, 0.3) is 5.91 Å². The Kier molecular flexibility index (Phi) is 7.84. The molecule has 0 radical (unpaired) electrons. The molecule has 1 heterocycles. The maximum atomic E-state index is 12.2. The Morgan fingerprint density at radius 2 is 1.86 bits per heavy atom. The third kappa shape index (κ3) is 6.11. The fraction of sp³-hybridized carbons (Fsp3) is 0.316. The SMILES string of the molecule is CCOC(=O)c1nc(NC(=O)CCNC(=O)c2cccc(C(=O)OC)c2)sc1C. The van der Waals surface area contributed by atoms with Gasteiger partial charge in [-0.2, -0.15) is 0 Å². The highest BCUT2D eigenvalue weighted by atomic mass is 32.1. The van der Waals surface area contributed by atoms with E-state index < -0.39 is 17.8 Å². The average molecular weight is 419 g/mol. The van der Waals surface area contributed by atoms with E-state index in [9.17, 15) is 19.2 Å². The maximum Gasteiger partial charge on any atom is 0.358 e. The maximum absolute atomic E-state index is 12.2. The Bertz CT molecular complexity index is 924. The Labute approximate surface area is 171 Å². The molecule has 29 heavy (non-hydrogen) atoms. The molecule has 154 valence electrons. The summed E-state index contributed by atoms with van der Waals surface area (Å²) in [5.74, 6) is -1.86. The summed E-state index contributed by atoms with van der Waals surface area (Å²) in [7, 11) is 1.26. The van der Waals surface area contributed by atoms with Crippen LogP contribution in [0.4, 0.5) is 5.13 Å². The van der Waals surface area contributed by atoms with E-state index in [-0.39, 0.29) is 47.4 Å². The number of anilines is 1. The van der Waals surface area contributed by atoms with Gasteiger partial charge in [-0.05, 0) is 32.0 Å². The molecule has 2 aromatic rings. The van der Waals surface area contributed by atoms with Crippen molar-refractivity contribution >= 4 is 40.2 Å². The summed E-state index contributed by atoms with van der Waals surface area (Å²) < 4.78 is 9.53. The molecule has 0 saturated heterocycles. The normalized spacial score (nSPS) is 10.2. The van der Waals surface area contributed by atoms with Crippen LogP contribution in [-0.2, 0) is 14.3 Å². The first kappa shape index (κ1) is 22.0. The zero-order valence-electron chi connectivity index (χ0n) is 16.2. The van der Waals surface area contributed by atoms with E-state index in [1.165, 1.54) is 19.2 Å². The van der Waals surface area contributed by atoms with Gasteiger partial charge in [0.05, 0.1) is 19.3 Å². The second kappa shape index (κ2) is 10.3. The fourth-order valence-electron chi connectivity index (χ4n) is 2.32. The number of rotatable bonds is 8. The van der Waals surface area contributed by atoms with Crippen molar-refractivity contribution < 1.29 is 28.7 Å². The molecule has 1 aromatic carbocycles. The molecule has 0 saturated carbocycles. The van der Waals surface area contributed by atoms with Crippen molar-refractivity contribution in [3.05, 3.63) is 46.0 Å². The highest BCUT2D eigenvalue weighted by molar-refractivity contribution is 7.16. The average Bonchev–Trinajstić information content (AvgIpc) is 3.07. The van der Waals surface area contributed by atoms with Crippen molar-refractivity contribution in [3.63, 3.8) is 0 Å². The molecule has 2 amide bonds. The molecule has 10 heteroatoms. The highest BCUT2D eigenvalue weighted by Gasteiger charge is 2.17. The molecular formula is C19H21N3O6S. The number of methoxy groups -OCH3 is 1. The molecular weight excluding hydrogens is 398 g/mol. The summed E-state index contributed by atoms with van der Waals surface area (Å²) in [5, 5.41) is 5.49. The fourth-order valence-corrected chi connectivity index (χ4v) is 3.13. The van der Waals surface area contributed by atoms with E-state index in [0.717, 1.165) is 11.3 Å². The number of ether oxygens (including phenoxy) is 2. The number of aromatic nitrogens is 1. The summed E-state index contributed by atoms with van der Waals surface area (Å²) in [6.07, 6.45) is 0.00972. The quantitative estimate of drug-likeness (QED) is 0.629. The molecule has 0 fully saturated rings. The Morgan fingerprint density at radius 1 is 1.14 bits per heavy atom. The Hall–Kier alpha value is -3.27. The molecule has 0 atom stereocenters. The second-order valence-electron chi connectivity index (χ2n) is 5.77. The van der Waals surface area contributed by atoms with Gasteiger partial charge in [0.1, 0.15) is 0 Å². The minimum Gasteiger partial charge on any atom is -0.465 e. The second-order valence-corrected chi connectivity index (χ2v) is 6.97. The first-order valence-corrected chi connectivity index (χ1v) is 9.58. The van der Waals surface area contributed by atoms with Gasteiger partial charge in [-0.25, -0.2) is 14.6 Å². The van der Waals surface area contributed by atoms with Crippen molar-refractivity contribution in [2.45, 2.75) is 20.3 Å². The number of aryl methyl sites for hydroxylation is 1. The number of nitrogens with zero attached hydrogens (tertiary/aromatic N) is 1. The number of carbonyl (C=O) groups excluding carboxylic acids is 4. The molecule has 0 aliphatic carbocycles. The first-order valence-electron chi connectivity index (χ1n) is 8.76. The van der Waals surface area contributed by atoms with Gasteiger partial charge in [-0.15, -0.1) is 11.3 Å². The van der Waals surface area contributed by atoms with Crippen molar-refractivity contribution in [1.29, 1.82) is 0 Å². The molecule has 1 aromatic heterocycles. The van der Waals surface area contributed by atoms with Gasteiger partial charge >= 0.3 is 11.9 Å². The number of hydrogen-bond acceptors (Lipinski definition) is 8. The van der Waals surface area contributed by atoms with Crippen LogP contribution in [0.25, 0.3) is 0 Å². The van der Waals surface area contributed by atoms with E-state index in [0.29, 0.717) is 4.88 Å². The number of benzene rings is 1. The van der Waals surface area contributed by atoms with Crippen molar-refractivity contribution in [2.75, 3.05) is 25.6 Å². The molecule has 9 nitrogen and oxygen atoms in total. The molecule has 2 N–H and O–H groups in total. The molecule has 0 spiro atoms. The molecule has 0 aliphatic rings. The van der Waals surface area contributed by atoms with E-state index in [1.807, 2.05) is 0 Å². The van der Waals surface area contributed by atoms with Crippen molar-refractivity contribution in [2.24, 2.45) is 0 Å². The third-order valence-electron chi connectivity index (χ3n) is 3.70. The van der Waals surface area contributed by atoms with Gasteiger partial charge in [0.2, 0.25) is 5.91 Å². The zero-order chi connectivity index (χ0) is 21.4. The predicted octanol–water partition coefficient (Wildman–Crippen LogP) is 2.17. The lowest BCUT2D eigenvalue weighted by atomic mass is 10.1. The zero-order valence-corrected chi connectivity index (χ0v) is 17.1. The standard InChI is InChI=1S/C19H21N3O6S/c1-4-28-18(26)15-11(2)29-19(22-15)21-14(23)8-9-20-16(24)12-6-5-7-13(10-12)17(25)27-3/h5-7,10H,4,8-9H2,1-3H3,(H,20,24)(H,21,22,23). The van der Waals surface area contributed by atoms with Crippen molar-refractivity contribution in [1.82, 2.24) is 10.3 Å². The summed E-state index contributed by atoms with van der Waals surface area (Å²) in [5.41, 5.74) is 0.711. The number of amides is 2. The lowest BCUT2D eigenvalue weighted by Gasteiger charge is -2.06. The van der Waals surface area contributed by atoms with E-state index in [2.05, 4.69) is 20.4 Å². The predicted molar refractivity (Wildman–Crippen MR) is 106 cm³/mol. The van der Waals surface area contributed by atoms with E-state index >= 15 is 0 Å². The minimum absolute atomic E-state index is 0.00972. The lowest BCUT2D eigenvalue weighted by molar-refractivity contribution is -0.116. The van der Waals surface area contributed by atoms with Gasteiger partial charge in [0, 0.05) is 23.4 Å². The molecule has 2 rings (SSSR count). The number of nitrogens with one attached hydrogen (secondary N) is 2. The van der Waals surface area contributed by atoms with Crippen LogP contribution in [0.3, 0.4) is 0 Å². The van der Waals surface area contributed by atoms with Gasteiger partial charge < -0.3 is 20.1 Å². The Balaban J connectivity index is 1.86. The molecule has 0 unspecified atom stereocenters. The summed E-state index contributed by atoms with van der Waals surface area (Å²) in [4.78, 5) is 52.2. The topological polar surface area (TPSA) is 124 Å². The number of esters is 2. The van der Waals surface area contributed by atoms with Crippen LogP contribution in [0.2, 0.25) is 0 Å². The smallest absolute Gasteiger partial charge is 0.358 e. The number of thiazole rings is 1. The van der Waals surface area contributed by atoms with Crippen LogP contribution < -0.4 is 10.6 Å². The van der Waals surface area contributed by atoms with E-state index in [1.54, 1.807) is 26.0 Å². The largest absolute Gasteiger partial charge is 0.465 e. The van der Waals surface area contributed by atoms with E-state index in [4.69, 9.17) is 4.74 Å².